The van der Waals surface area contributed by atoms with Crippen molar-refractivity contribution < 1.29 is 4.74 Å². The smallest absolute Gasteiger partial charge is 0.122 e. The SMILES string of the molecule is CC(N)Cc1cc(C2CCCCC2)ccc1OCC1CC1.Cl. The fourth-order valence-corrected chi connectivity index (χ4v) is 3.43. The molecular formula is C19H30ClNO. The topological polar surface area (TPSA) is 35.2 Å². The van der Waals surface area contributed by atoms with Gasteiger partial charge in [0.2, 0.25) is 0 Å². The predicted molar refractivity (Wildman–Crippen MR) is 95.1 cm³/mol. The van der Waals surface area contributed by atoms with Crippen LogP contribution >= 0.6 is 12.4 Å². The van der Waals surface area contributed by atoms with Gasteiger partial charge in [-0.2, -0.15) is 0 Å². The minimum absolute atomic E-state index is 0. The molecule has 0 spiro atoms. The number of hydrogen-bond acceptors (Lipinski definition) is 2. The number of hydrogen-bond donors (Lipinski definition) is 1. The highest BCUT2D eigenvalue weighted by Gasteiger charge is 2.23. The lowest BCUT2D eigenvalue weighted by Gasteiger charge is -2.23. The Morgan fingerprint density at radius 3 is 2.50 bits per heavy atom. The normalized spacial score (nSPS) is 20.3. The van der Waals surface area contributed by atoms with Crippen molar-refractivity contribution in [3.8, 4) is 5.75 Å². The second-order valence-electron chi connectivity index (χ2n) is 7.14. The summed E-state index contributed by atoms with van der Waals surface area (Å²) in [5.74, 6) is 2.62. The summed E-state index contributed by atoms with van der Waals surface area (Å²) in [5, 5.41) is 0. The highest BCUT2D eigenvalue weighted by Crippen LogP contribution is 2.36. The summed E-state index contributed by atoms with van der Waals surface area (Å²) >= 11 is 0. The van der Waals surface area contributed by atoms with Gasteiger partial charge < -0.3 is 10.5 Å². The molecule has 3 rings (SSSR count). The lowest BCUT2D eigenvalue weighted by molar-refractivity contribution is 0.296. The lowest BCUT2D eigenvalue weighted by Crippen LogP contribution is -2.19. The maximum atomic E-state index is 6.05. The van der Waals surface area contributed by atoms with E-state index >= 15 is 0 Å². The number of halogens is 1. The van der Waals surface area contributed by atoms with Crippen molar-refractivity contribution in [3.63, 3.8) is 0 Å². The summed E-state index contributed by atoms with van der Waals surface area (Å²) in [5.41, 5.74) is 8.85. The van der Waals surface area contributed by atoms with E-state index in [9.17, 15) is 0 Å². The van der Waals surface area contributed by atoms with E-state index in [4.69, 9.17) is 10.5 Å². The van der Waals surface area contributed by atoms with Gasteiger partial charge in [-0.25, -0.2) is 0 Å². The minimum Gasteiger partial charge on any atom is -0.493 e. The molecule has 1 atom stereocenters. The maximum Gasteiger partial charge on any atom is 0.122 e. The molecule has 2 N–H and O–H groups in total. The van der Waals surface area contributed by atoms with Crippen molar-refractivity contribution in [1.29, 1.82) is 0 Å². The summed E-state index contributed by atoms with van der Waals surface area (Å²) in [7, 11) is 0. The zero-order chi connectivity index (χ0) is 14.7. The quantitative estimate of drug-likeness (QED) is 0.813. The summed E-state index contributed by atoms with van der Waals surface area (Å²) in [6.07, 6.45) is 10.5. The third-order valence-corrected chi connectivity index (χ3v) is 4.87. The molecule has 22 heavy (non-hydrogen) atoms. The van der Waals surface area contributed by atoms with E-state index in [0.717, 1.165) is 30.6 Å². The van der Waals surface area contributed by atoms with Crippen LogP contribution < -0.4 is 10.5 Å². The molecule has 2 saturated carbocycles. The number of ether oxygens (including phenoxy) is 1. The Morgan fingerprint density at radius 2 is 1.86 bits per heavy atom. The Balaban J connectivity index is 0.00000176. The molecule has 2 nitrogen and oxygen atoms in total. The Bertz CT molecular complexity index is 465. The average Bonchev–Trinajstić information content (AvgIpc) is 3.30. The van der Waals surface area contributed by atoms with E-state index in [1.165, 1.54) is 56.1 Å². The number of benzene rings is 1. The maximum absolute atomic E-state index is 6.05. The van der Waals surface area contributed by atoms with Crippen LogP contribution in [0.5, 0.6) is 5.75 Å². The molecule has 0 saturated heterocycles. The van der Waals surface area contributed by atoms with Crippen LogP contribution in [0, 0.1) is 5.92 Å². The summed E-state index contributed by atoms with van der Waals surface area (Å²) in [6, 6.07) is 7.06. The summed E-state index contributed by atoms with van der Waals surface area (Å²) in [6.45, 7) is 2.96. The molecule has 2 aliphatic carbocycles. The van der Waals surface area contributed by atoms with Gasteiger partial charge in [-0.05, 0) is 68.1 Å². The standard InChI is InChI=1S/C19H29NO.ClH/c1-14(20)11-18-12-17(16-5-3-2-4-6-16)9-10-19(18)21-13-15-7-8-15;/h9-10,12,14-16H,2-8,11,13,20H2,1H3;1H. The molecule has 2 fully saturated rings. The molecule has 0 aromatic heterocycles. The van der Waals surface area contributed by atoms with E-state index < -0.39 is 0 Å². The van der Waals surface area contributed by atoms with Gasteiger partial charge in [0, 0.05) is 6.04 Å². The lowest BCUT2D eigenvalue weighted by atomic mass is 9.83. The van der Waals surface area contributed by atoms with E-state index in [-0.39, 0.29) is 18.4 Å². The molecule has 0 bridgehead atoms. The molecule has 2 aliphatic rings. The Kier molecular flexibility index (Phi) is 6.58. The van der Waals surface area contributed by atoms with Crippen molar-refractivity contribution in [2.24, 2.45) is 11.7 Å². The van der Waals surface area contributed by atoms with Gasteiger partial charge in [-0.15, -0.1) is 12.4 Å². The molecule has 0 aliphatic heterocycles. The molecule has 124 valence electrons. The summed E-state index contributed by atoms with van der Waals surface area (Å²) < 4.78 is 6.05. The highest BCUT2D eigenvalue weighted by atomic mass is 35.5. The second kappa shape index (κ2) is 8.21. The summed E-state index contributed by atoms with van der Waals surface area (Å²) in [4.78, 5) is 0. The monoisotopic (exact) mass is 323 g/mol. The number of nitrogens with two attached hydrogens (primary N) is 1. The molecule has 1 aromatic rings. The van der Waals surface area contributed by atoms with Gasteiger partial charge in [0.05, 0.1) is 6.61 Å². The first kappa shape index (κ1) is 17.6. The van der Waals surface area contributed by atoms with Crippen molar-refractivity contribution in [3.05, 3.63) is 29.3 Å². The molecule has 1 unspecified atom stereocenters. The van der Waals surface area contributed by atoms with Crippen LogP contribution in [0.25, 0.3) is 0 Å². The fourth-order valence-electron chi connectivity index (χ4n) is 3.43. The van der Waals surface area contributed by atoms with Crippen LogP contribution in [0.1, 0.15) is 68.9 Å². The molecular weight excluding hydrogens is 294 g/mol. The first-order chi connectivity index (χ1) is 10.2. The second-order valence-corrected chi connectivity index (χ2v) is 7.14. The van der Waals surface area contributed by atoms with Gasteiger partial charge in [-0.3, -0.25) is 0 Å². The zero-order valence-corrected chi connectivity index (χ0v) is 14.5. The van der Waals surface area contributed by atoms with Gasteiger partial charge in [0.1, 0.15) is 5.75 Å². The van der Waals surface area contributed by atoms with Gasteiger partial charge in [-0.1, -0.05) is 31.4 Å². The van der Waals surface area contributed by atoms with Crippen LogP contribution in [0.15, 0.2) is 18.2 Å². The molecule has 0 heterocycles. The Morgan fingerprint density at radius 1 is 1.14 bits per heavy atom. The third kappa shape index (κ3) is 4.89. The first-order valence-corrected chi connectivity index (χ1v) is 8.73. The fraction of sp³-hybridized carbons (Fsp3) is 0.684. The van der Waals surface area contributed by atoms with Gasteiger partial charge in [0.15, 0.2) is 0 Å². The Hall–Kier alpha value is -0.730. The van der Waals surface area contributed by atoms with Crippen LogP contribution in [-0.4, -0.2) is 12.6 Å². The van der Waals surface area contributed by atoms with Crippen molar-refractivity contribution >= 4 is 12.4 Å². The van der Waals surface area contributed by atoms with Crippen molar-refractivity contribution in [1.82, 2.24) is 0 Å². The van der Waals surface area contributed by atoms with E-state index in [1.807, 2.05) is 0 Å². The van der Waals surface area contributed by atoms with E-state index in [0.29, 0.717) is 0 Å². The molecule has 0 amide bonds. The predicted octanol–water partition coefficient (Wildman–Crippen LogP) is 4.83. The van der Waals surface area contributed by atoms with E-state index in [1.54, 1.807) is 0 Å². The van der Waals surface area contributed by atoms with Crippen LogP contribution in [-0.2, 0) is 6.42 Å². The van der Waals surface area contributed by atoms with Gasteiger partial charge in [0.25, 0.3) is 0 Å². The first-order valence-electron chi connectivity index (χ1n) is 8.73. The third-order valence-electron chi connectivity index (χ3n) is 4.87. The minimum atomic E-state index is 0. The molecule has 0 radical (unpaired) electrons. The zero-order valence-electron chi connectivity index (χ0n) is 13.7. The number of rotatable bonds is 6. The largest absolute Gasteiger partial charge is 0.493 e. The van der Waals surface area contributed by atoms with Crippen molar-refractivity contribution in [2.45, 2.75) is 70.3 Å². The highest BCUT2D eigenvalue weighted by molar-refractivity contribution is 5.85. The van der Waals surface area contributed by atoms with Crippen molar-refractivity contribution in [2.75, 3.05) is 6.61 Å². The molecule has 3 heteroatoms. The average molecular weight is 324 g/mol. The van der Waals surface area contributed by atoms with E-state index in [2.05, 4.69) is 25.1 Å². The van der Waals surface area contributed by atoms with Crippen LogP contribution in [0.3, 0.4) is 0 Å². The van der Waals surface area contributed by atoms with Crippen LogP contribution in [0.4, 0.5) is 0 Å². The van der Waals surface area contributed by atoms with Gasteiger partial charge >= 0.3 is 0 Å². The molecule has 1 aromatic carbocycles. The Labute approximate surface area is 141 Å². The van der Waals surface area contributed by atoms with Crippen LogP contribution in [0.2, 0.25) is 0 Å².